The number of carbonyl (C=O) groups excluding carboxylic acids is 2. The normalized spacial score (nSPS) is 15.9. The topological polar surface area (TPSA) is 93.0 Å². The largest absolute Gasteiger partial charge is 0.482 e. The Labute approximate surface area is 159 Å². The molecule has 4 rings (SSSR count). The number of nitrogens with zero attached hydrogens (tertiary/aromatic N) is 3. The van der Waals surface area contributed by atoms with Crippen molar-refractivity contribution >= 4 is 34.5 Å². The van der Waals surface area contributed by atoms with Crippen LogP contribution in [0.5, 0.6) is 5.75 Å². The van der Waals surface area contributed by atoms with Crippen molar-refractivity contribution in [3.05, 3.63) is 50.7 Å². The fourth-order valence-electron chi connectivity index (χ4n) is 3.09. The molecular weight excluding hydrogens is 370 g/mol. The molecule has 140 valence electrons. The summed E-state index contributed by atoms with van der Waals surface area (Å²) in [5.41, 5.74) is 1.17. The molecule has 9 heteroatoms. The van der Waals surface area contributed by atoms with E-state index in [1.807, 2.05) is 16.8 Å². The summed E-state index contributed by atoms with van der Waals surface area (Å²) >= 11 is 1.57. The van der Waals surface area contributed by atoms with Gasteiger partial charge in [-0.25, -0.2) is 0 Å². The number of non-ortho nitro benzene ring substituents is 1. The van der Waals surface area contributed by atoms with Crippen LogP contribution in [-0.4, -0.2) is 40.8 Å². The predicted octanol–water partition coefficient (Wildman–Crippen LogP) is 2.57. The number of hydrogen-bond donors (Lipinski definition) is 0. The van der Waals surface area contributed by atoms with Crippen molar-refractivity contribution in [2.75, 3.05) is 18.1 Å². The Morgan fingerprint density at radius 3 is 2.85 bits per heavy atom. The summed E-state index contributed by atoms with van der Waals surface area (Å²) < 4.78 is 5.35. The lowest BCUT2D eigenvalue weighted by atomic mass is 10.2. The molecule has 8 nitrogen and oxygen atoms in total. The number of hydrogen-bond acceptors (Lipinski definition) is 6. The lowest BCUT2D eigenvalue weighted by molar-refractivity contribution is -0.384. The first kappa shape index (κ1) is 17.5. The van der Waals surface area contributed by atoms with E-state index < -0.39 is 4.92 Å². The van der Waals surface area contributed by atoms with Gasteiger partial charge in [0.15, 0.2) is 6.61 Å². The minimum atomic E-state index is -0.535. The third-order valence-corrected chi connectivity index (χ3v) is 5.36. The SMILES string of the molecule is O=C1COc2ccc([N+](=O)[O-])cc2N1CC(=O)N(Cc1ccsc1)C1CC1. The van der Waals surface area contributed by atoms with E-state index in [1.165, 1.54) is 23.1 Å². The number of rotatable bonds is 6. The highest BCUT2D eigenvalue weighted by Gasteiger charge is 2.36. The zero-order valence-corrected chi connectivity index (χ0v) is 15.2. The first-order valence-corrected chi connectivity index (χ1v) is 9.49. The second-order valence-electron chi connectivity index (χ2n) is 6.56. The summed E-state index contributed by atoms with van der Waals surface area (Å²) in [7, 11) is 0. The quantitative estimate of drug-likeness (QED) is 0.561. The van der Waals surface area contributed by atoms with Gasteiger partial charge in [-0.1, -0.05) is 0 Å². The van der Waals surface area contributed by atoms with Gasteiger partial charge in [0.05, 0.1) is 10.6 Å². The lowest BCUT2D eigenvalue weighted by Gasteiger charge is -2.31. The average Bonchev–Trinajstić information content (AvgIpc) is 3.37. The maximum Gasteiger partial charge on any atom is 0.271 e. The zero-order valence-electron chi connectivity index (χ0n) is 14.4. The molecule has 0 saturated heterocycles. The number of thiophene rings is 1. The molecular formula is C18H17N3O5S. The van der Waals surface area contributed by atoms with Crippen molar-refractivity contribution in [1.29, 1.82) is 0 Å². The first-order chi connectivity index (χ1) is 13.0. The van der Waals surface area contributed by atoms with Gasteiger partial charge in [-0.15, -0.1) is 0 Å². The van der Waals surface area contributed by atoms with Gasteiger partial charge in [-0.3, -0.25) is 24.6 Å². The standard InChI is InChI=1S/C18H17N3O5S/c22-17(19(13-1-2-13)8-12-5-6-27-11-12)9-20-15-7-14(21(24)25)3-4-16(15)26-10-18(20)23/h3-7,11,13H,1-2,8-10H2. The van der Waals surface area contributed by atoms with Crippen molar-refractivity contribution in [3.8, 4) is 5.75 Å². The number of nitro groups is 1. The third kappa shape index (κ3) is 3.63. The lowest BCUT2D eigenvalue weighted by Crippen LogP contribution is -2.46. The van der Waals surface area contributed by atoms with Crippen LogP contribution in [-0.2, 0) is 16.1 Å². The van der Waals surface area contributed by atoms with Crippen LogP contribution in [0.15, 0.2) is 35.0 Å². The summed E-state index contributed by atoms with van der Waals surface area (Å²) in [6.45, 7) is 0.163. The Kier molecular flexibility index (Phi) is 4.53. The Hall–Kier alpha value is -2.94. The molecule has 2 aliphatic rings. The van der Waals surface area contributed by atoms with Gasteiger partial charge >= 0.3 is 0 Å². The van der Waals surface area contributed by atoms with Crippen LogP contribution in [0.2, 0.25) is 0 Å². The maximum atomic E-state index is 13.0. The zero-order chi connectivity index (χ0) is 19.0. The number of fused-ring (bicyclic) bond motifs is 1. The number of carbonyl (C=O) groups is 2. The first-order valence-electron chi connectivity index (χ1n) is 8.55. The minimum Gasteiger partial charge on any atom is -0.482 e. The average molecular weight is 387 g/mol. The van der Waals surface area contributed by atoms with Crippen LogP contribution in [0.3, 0.4) is 0 Å². The molecule has 2 amide bonds. The maximum absolute atomic E-state index is 13.0. The molecule has 1 aromatic carbocycles. The Bertz CT molecular complexity index is 894. The molecule has 1 aliphatic carbocycles. The summed E-state index contributed by atoms with van der Waals surface area (Å²) in [5.74, 6) is -0.192. The van der Waals surface area contributed by atoms with E-state index >= 15 is 0 Å². The highest BCUT2D eigenvalue weighted by atomic mass is 32.1. The molecule has 1 fully saturated rings. The fourth-order valence-corrected chi connectivity index (χ4v) is 3.75. The number of nitro benzene ring substituents is 1. The number of anilines is 1. The summed E-state index contributed by atoms with van der Waals surface area (Å²) in [5, 5.41) is 15.0. The Balaban J connectivity index is 1.57. The fraction of sp³-hybridized carbons (Fsp3) is 0.333. The van der Waals surface area contributed by atoms with Crippen LogP contribution in [0.4, 0.5) is 11.4 Å². The van der Waals surface area contributed by atoms with Gasteiger partial charge in [0, 0.05) is 24.7 Å². The number of amides is 2. The van der Waals surface area contributed by atoms with Crippen LogP contribution in [0, 0.1) is 10.1 Å². The van der Waals surface area contributed by atoms with E-state index in [9.17, 15) is 19.7 Å². The molecule has 0 bridgehead atoms. The Morgan fingerprint density at radius 1 is 1.37 bits per heavy atom. The van der Waals surface area contributed by atoms with Gasteiger partial charge in [0.25, 0.3) is 11.6 Å². The van der Waals surface area contributed by atoms with Crippen LogP contribution < -0.4 is 9.64 Å². The summed E-state index contributed by atoms with van der Waals surface area (Å²) in [6, 6.07) is 6.23. The molecule has 0 spiro atoms. The van der Waals surface area contributed by atoms with Crippen molar-refractivity contribution in [1.82, 2.24) is 4.90 Å². The molecule has 0 N–H and O–H groups in total. The second kappa shape index (κ2) is 6.99. The molecule has 1 saturated carbocycles. The van der Waals surface area contributed by atoms with E-state index in [2.05, 4.69) is 0 Å². The summed E-state index contributed by atoms with van der Waals surface area (Å²) in [4.78, 5) is 38.9. The number of ether oxygens (including phenoxy) is 1. The smallest absolute Gasteiger partial charge is 0.271 e. The molecule has 0 atom stereocenters. The van der Waals surface area contributed by atoms with Gasteiger partial charge in [0.2, 0.25) is 5.91 Å². The van der Waals surface area contributed by atoms with E-state index in [1.54, 1.807) is 16.2 Å². The summed E-state index contributed by atoms with van der Waals surface area (Å²) in [6.07, 6.45) is 1.91. The highest BCUT2D eigenvalue weighted by Crippen LogP contribution is 2.36. The van der Waals surface area contributed by atoms with Crippen molar-refractivity contribution in [2.24, 2.45) is 0 Å². The van der Waals surface area contributed by atoms with E-state index in [0.717, 1.165) is 18.4 Å². The highest BCUT2D eigenvalue weighted by molar-refractivity contribution is 7.07. The van der Waals surface area contributed by atoms with Crippen LogP contribution >= 0.6 is 11.3 Å². The van der Waals surface area contributed by atoms with Gasteiger partial charge < -0.3 is 9.64 Å². The van der Waals surface area contributed by atoms with Crippen molar-refractivity contribution in [2.45, 2.75) is 25.4 Å². The van der Waals surface area contributed by atoms with Crippen LogP contribution in [0.1, 0.15) is 18.4 Å². The van der Waals surface area contributed by atoms with E-state index in [-0.39, 0.29) is 42.4 Å². The molecule has 1 aromatic heterocycles. The monoisotopic (exact) mass is 387 g/mol. The predicted molar refractivity (Wildman–Crippen MR) is 98.8 cm³/mol. The third-order valence-electron chi connectivity index (χ3n) is 4.63. The van der Waals surface area contributed by atoms with Crippen molar-refractivity contribution in [3.63, 3.8) is 0 Å². The van der Waals surface area contributed by atoms with Crippen molar-refractivity contribution < 1.29 is 19.2 Å². The van der Waals surface area contributed by atoms with Crippen LogP contribution in [0.25, 0.3) is 0 Å². The molecule has 27 heavy (non-hydrogen) atoms. The van der Waals surface area contributed by atoms with Gasteiger partial charge in [0.1, 0.15) is 12.3 Å². The molecule has 2 heterocycles. The molecule has 2 aromatic rings. The van der Waals surface area contributed by atoms with Gasteiger partial charge in [-0.2, -0.15) is 11.3 Å². The molecule has 1 aliphatic heterocycles. The van der Waals surface area contributed by atoms with Gasteiger partial charge in [-0.05, 0) is 41.3 Å². The Morgan fingerprint density at radius 2 is 2.19 bits per heavy atom. The minimum absolute atomic E-state index is 0.151. The van der Waals surface area contributed by atoms with E-state index in [0.29, 0.717) is 12.3 Å². The molecule has 0 radical (unpaired) electrons. The number of benzene rings is 1. The molecule has 0 unspecified atom stereocenters. The second-order valence-corrected chi connectivity index (χ2v) is 7.34. The van der Waals surface area contributed by atoms with E-state index in [4.69, 9.17) is 4.74 Å².